The second-order valence-corrected chi connectivity index (χ2v) is 8.79. The van der Waals surface area contributed by atoms with Gasteiger partial charge in [0.25, 0.3) is 0 Å². The number of rotatable bonds is 9. The molecule has 0 aliphatic rings. The summed E-state index contributed by atoms with van der Waals surface area (Å²) in [6.07, 6.45) is 0.121. The molecule has 0 saturated heterocycles. The van der Waals surface area contributed by atoms with Crippen LogP contribution >= 0.6 is 11.7 Å². The molecule has 4 rings (SSSR count). The normalized spacial score (nSPS) is 11.7. The van der Waals surface area contributed by atoms with Crippen LogP contribution in [-0.4, -0.2) is 53.9 Å². The number of carbonyl (C=O) groups is 2. The van der Waals surface area contributed by atoms with E-state index in [4.69, 9.17) is 9.47 Å². The molecule has 0 radical (unpaired) electrons. The van der Waals surface area contributed by atoms with Crippen molar-refractivity contribution in [2.45, 2.75) is 6.42 Å². The molecule has 0 unspecified atom stereocenters. The molecule has 1 N–H and O–H groups in total. The Morgan fingerprint density at radius 3 is 2.17 bits per heavy atom. The molecule has 0 bridgehead atoms. The summed E-state index contributed by atoms with van der Waals surface area (Å²) in [6, 6.07) is 17.5. The van der Waals surface area contributed by atoms with Crippen molar-refractivity contribution in [2.75, 3.05) is 33.2 Å². The first-order valence-corrected chi connectivity index (χ1v) is 11.8. The van der Waals surface area contributed by atoms with Gasteiger partial charge in [0.1, 0.15) is 11.0 Å². The molecular formula is C27H25N3O5S. The number of carbonyl (C=O) groups excluding carboxylic acids is 1. The molecule has 0 atom stereocenters. The monoisotopic (exact) mass is 503 g/mol. The molecule has 9 heteroatoms. The molecule has 4 aromatic rings. The van der Waals surface area contributed by atoms with Crippen LogP contribution in [0.3, 0.4) is 0 Å². The van der Waals surface area contributed by atoms with E-state index in [0.717, 1.165) is 23.0 Å². The van der Waals surface area contributed by atoms with E-state index in [1.807, 2.05) is 43.3 Å². The van der Waals surface area contributed by atoms with Crippen LogP contribution in [0.25, 0.3) is 16.6 Å². The predicted molar refractivity (Wildman–Crippen MR) is 140 cm³/mol. The molecule has 36 heavy (non-hydrogen) atoms. The smallest absolute Gasteiger partial charge is 0.336 e. The van der Waals surface area contributed by atoms with E-state index >= 15 is 0 Å². The maximum atomic E-state index is 13.9. The number of hydrogen-bond donors (Lipinski definition) is 1. The predicted octanol–water partition coefficient (Wildman–Crippen LogP) is 4.74. The van der Waals surface area contributed by atoms with Crippen LogP contribution in [0.4, 0.5) is 5.69 Å². The molecule has 0 fully saturated rings. The lowest BCUT2D eigenvalue weighted by Gasteiger charge is -2.16. The Kier molecular flexibility index (Phi) is 7.30. The molecule has 3 aromatic carbocycles. The van der Waals surface area contributed by atoms with Crippen molar-refractivity contribution in [1.82, 2.24) is 8.75 Å². The molecule has 184 valence electrons. The van der Waals surface area contributed by atoms with Gasteiger partial charge in [-0.3, -0.25) is 4.79 Å². The van der Waals surface area contributed by atoms with Crippen molar-refractivity contribution in [3.05, 3.63) is 82.9 Å². The van der Waals surface area contributed by atoms with Crippen molar-refractivity contribution >= 4 is 45.8 Å². The Hall–Kier alpha value is -4.24. The highest BCUT2D eigenvalue weighted by Crippen LogP contribution is 2.32. The third-order valence-electron chi connectivity index (χ3n) is 5.81. The number of anilines is 1. The molecule has 0 spiro atoms. The van der Waals surface area contributed by atoms with Crippen LogP contribution in [-0.2, 0) is 11.2 Å². The zero-order chi connectivity index (χ0) is 25.8. The summed E-state index contributed by atoms with van der Waals surface area (Å²) in [5, 5.41) is 10.3. The summed E-state index contributed by atoms with van der Waals surface area (Å²) in [5.41, 5.74) is 3.79. The molecule has 0 saturated carbocycles. The minimum Gasteiger partial charge on any atom is -0.493 e. The van der Waals surface area contributed by atoms with Gasteiger partial charge in [-0.15, -0.1) is 0 Å². The van der Waals surface area contributed by atoms with E-state index < -0.39 is 11.8 Å². The molecule has 0 aliphatic carbocycles. The summed E-state index contributed by atoms with van der Waals surface area (Å²) < 4.78 is 19.1. The second-order valence-electron chi connectivity index (χ2n) is 8.26. The van der Waals surface area contributed by atoms with E-state index in [9.17, 15) is 14.7 Å². The number of aromatic nitrogens is 2. The van der Waals surface area contributed by atoms with Gasteiger partial charge in [0, 0.05) is 37.3 Å². The van der Waals surface area contributed by atoms with Crippen molar-refractivity contribution < 1.29 is 24.2 Å². The lowest BCUT2D eigenvalue weighted by atomic mass is 9.89. The standard InChI is InChI=1S/C27H25N3O5S/c1-30(2)19-9-5-16(6-10-19)13-20(26(31)18-8-12-23(34-3)24(15-18)35-4)25(27(32)33)17-7-11-21-22(14-17)29-36-28-21/h5-12,14-15H,13H2,1-4H3,(H,32,33)/b25-20+. The molecule has 0 aliphatic heterocycles. The fourth-order valence-corrected chi connectivity index (χ4v) is 4.43. The lowest BCUT2D eigenvalue weighted by Crippen LogP contribution is -2.14. The summed E-state index contributed by atoms with van der Waals surface area (Å²) >= 11 is 1.05. The Morgan fingerprint density at radius 1 is 0.861 bits per heavy atom. The van der Waals surface area contributed by atoms with Gasteiger partial charge in [-0.25, -0.2) is 4.79 Å². The highest BCUT2D eigenvalue weighted by molar-refractivity contribution is 7.00. The number of benzene rings is 3. The van der Waals surface area contributed by atoms with Crippen molar-refractivity contribution in [3.63, 3.8) is 0 Å². The first kappa shape index (κ1) is 24.9. The molecule has 0 amide bonds. The van der Waals surface area contributed by atoms with E-state index in [2.05, 4.69) is 8.75 Å². The number of carboxylic acid groups (broad SMARTS) is 1. The van der Waals surface area contributed by atoms with Crippen LogP contribution in [0, 0.1) is 0 Å². The number of carboxylic acids is 1. The number of methoxy groups -OCH3 is 2. The van der Waals surface area contributed by atoms with Crippen LogP contribution in [0.5, 0.6) is 11.5 Å². The van der Waals surface area contributed by atoms with Gasteiger partial charge in [-0.1, -0.05) is 18.2 Å². The fraction of sp³-hybridized carbons (Fsp3) is 0.185. The average molecular weight is 504 g/mol. The quantitative estimate of drug-likeness (QED) is 0.258. The van der Waals surface area contributed by atoms with E-state index in [0.29, 0.717) is 33.7 Å². The van der Waals surface area contributed by atoms with Crippen molar-refractivity contribution in [1.29, 1.82) is 0 Å². The van der Waals surface area contributed by atoms with E-state index in [1.54, 1.807) is 36.4 Å². The van der Waals surface area contributed by atoms with Gasteiger partial charge >= 0.3 is 5.97 Å². The summed E-state index contributed by atoms with van der Waals surface area (Å²) in [6.45, 7) is 0. The maximum absolute atomic E-state index is 13.9. The Balaban J connectivity index is 1.89. The SMILES string of the molecule is COc1ccc(C(=O)/C(Cc2ccc(N(C)C)cc2)=C(/C(=O)O)c2ccc3nsnc3c2)cc1OC. The average Bonchev–Trinajstić information content (AvgIpc) is 3.35. The zero-order valence-corrected chi connectivity index (χ0v) is 21.1. The Bertz CT molecular complexity index is 1460. The Morgan fingerprint density at radius 2 is 1.53 bits per heavy atom. The van der Waals surface area contributed by atoms with Gasteiger partial charge in [0.05, 0.1) is 31.5 Å². The van der Waals surface area contributed by atoms with Crippen molar-refractivity contribution in [3.8, 4) is 11.5 Å². The van der Waals surface area contributed by atoms with Crippen LogP contribution in [0.15, 0.2) is 66.2 Å². The largest absolute Gasteiger partial charge is 0.493 e. The van der Waals surface area contributed by atoms with Crippen LogP contribution in [0.1, 0.15) is 21.5 Å². The first-order chi connectivity index (χ1) is 17.3. The third kappa shape index (κ3) is 5.06. The van der Waals surface area contributed by atoms with Crippen LogP contribution < -0.4 is 14.4 Å². The molecular weight excluding hydrogens is 478 g/mol. The fourth-order valence-electron chi connectivity index (χ4n) is 3.91. The number of aliphatic carboxylic acids is 1. The number of ether oxygens (including phenoxy) is 2. The highest BCUT2D eigenvalue weighted by atomic mass is 32.1. The molecule has 8 nitrogen and oxygen atoms in total. The van der Waals surface area contributed by atoms with Crippen LogP contribution in [0.2, 0.25) is 0 Å². The number of fused-ring (bicyclic) bond motifs is 1. The van der Waals surface area contributed by atoms with Gasteiger partial charge in [0.15, 0.2) is 17.3 Å². The van der Waals surface area contributed by atoms with Crippen molar-refractivity contribution in [2.24, 2.45) is 0 Å². The summed E-state index contributed by atoms with van der Waals surface area (Å²) in [7, 11) is 6.86. The molecule has 1 aromatic heterocycles. The van der Waals surface area contributed by atoms with E-state index in [1.165, 1.54) is 14.2 Å². The molecule has 1 heterocycles. The number of allylic oxidation sites excluding steroid dienone is 1. The minimum atomic E-state index is -1.20. The maximum Gasteiger partial charge on any atom is 0.336 e. The topological polar surface area (TPSA) is 102 Å². The first-order valence-electron chi connectivity index (χ1n) is 11.0. The second kappa shape index (κ2) is 10.6. The summed E-state index contributed by atoms with van der Waals surface area (Å²) in [5.74, 6) is -0.767. The lowest BCUT2D eigenvalue weighted by molar-refractivity contribution is -0.130. The van der Waals surface area contributed by atoms with Gasteiger partial charge in [0.2, 0.25) is 0 Å². The highest BCUT2D eigenvalue weighted by Gasteiger charge is 2.25. The minimum absolute atomic E-state index is 0.0821. The zero-order valence-electron chi connectivity index (χ0n) is 20.3. The van der Waals surface area contributed by atoms with Gasteiger partial charge < -0.3 is 19.5 Å². The third-order valence-corrected chi connectivity index (χ3v) is 6.37. The van der Waals surface area contributed by atoms with Gasteiger partial charge in [-0.05, 0) is 53.6 Å². The number of nitrogens with zero attached hydrogens (tertiary/aromatic N) is 3. The number of Topliss-reactive ketones (excluding diaryl/α,β-unsaturated/α-hetero) is 1. The Labute approximate surface area is 212 Å². The number of hydrogen-bond acceptors (Lipinski definition) is 8. The summed E-state index contributed by atoms with van der Waals surface area (Å²) in [4.78, 5) is 28.5. The number of ketones is 1. The van der Waals surface area contributed by atoms with E-state index in [-0.39, 0.29) is 17.6 Å². The van der Waals surface area contributed by atoms with Gasteiger partial charge in [-0.2, -0.15) is 8.75 Å².